The number of pyridine rings is 2. The van der Waals surface area contributed by atoms with Gasteiger partial charge in [-0.1, -0.05) is 31.2 Å². The van der Waals surface area contributed by atoms with E-state index in [1.807, 2.05) is 42.5 Å². The first-order chi connectivity index (χ1) is 12.7. The number of carbonyl (C=O) groups is 1. The van der Waals surface area contributed by atoms with E-state index in [-0.39, 0.29) is 5.91 Å². The maximum atomic E-state index is 13.1. The van der Waals surface area contributed by atoms with E-state index in [2.05, 4.69) is 17.2 Å². The van der Waals surface area contributed by atoms with E-state index in [9.17, 15) is 4.79 Å². The molecular weight excluding hydrogens is 322 g/mol. The van der Waals surface area contributed by atoms with Crippen LogP contribution in [0.4, 0.5) is 0 Å². The molecule has 3 aromatic rings. The molecule has 0 bridgehead atoms. The minimum absolute atomic E-state index is 0.00452. The van der Waals surface area contributed by atoms with Crippen LogP contribution in [-0.2, 0) is 19.3 Å². The van der Waals surface area contributed by atoms with Gasteiger partial charge in [0.2, 0.25) is 0 Å². The number of amides is 1. The molecular formula is C22H23N3O. The minimum atomic E-state index is 0.00452. The molecule has 0 saturated heterocycles. The molecule has 2 aromatic heterocycles. The molecule has 4 rings (SSSR count). The second-order valence-electron chi connectivity index (χ2n) is 7.10. The predicted octanol–water partition coefficient (Wildman–Crippen LogP) is 3.73. The number of aromatic nitrogens is 2. The van der Waals surface area contributed by atoms with Gasteiger partial charge in [0, 0.05) is 35.9 Å². The Hall–Kier alpha value is -2.75. The van der Waals surface area contributed by atoms with Crippen LogP contribution in [0.5, 0.6) is 0 Å². The highest BCUT2D eigenvalue weighted by Gasteiger charge is 2.25. The lowest BCUT2D eigenvalue weighted by Crippen LogP contribution is -2.29. The first kappa shape index (κ1) is 16.7. The maximum absolute atomic E-state index is 13.1. The van der Waals surface area contributed by atoms with Gasteiger partial charge in [0.25, 0.3) is 5.91 Å². The Balaban J connectivity index is 1.63. The highest BCUT2D eigenvalue weighted by atomic mass is 16.1. The molecule has 1 aromatic carbocycles. The lowest BCUT2D eigenvalue weighted by Gasteiger charge is -2.24. The van der Waals surface area contributed by atoms with Crippen molar-refractivity contribution in [2.75, 3.05) is 6.54 Å². The van der Waals surface area contributed by atoms with Gasteiger partial charge < -0.3 is 5.32 Å². The predicted molar refractivity (Wildman–Crippen MR) is 103 cm³/mol. The molecule has 1 amide bonds. The van der Waals surface area contributed by atoms with Crippen LogP contribution in [0.1, 0.15) is 40.7 Å². The van der Waals surface area contributed by atoms with E-state index in [0.29, 0.717) is 12.5 Å². The summed E-state index contributed by atoms with van der Waals surface area (Å²) in [6.07, 6.45) is 5.53. The smallest absolute Gasteiger partial charge is 0.252 e. The van der Waals surface area contributed by atoms with Crippen molar-refractivity contribution >= 4 is 16.8 Å². The summed E-state index contributed by atoms with van der Waals surface area (Å²) >= 11 is 0. The number of benzene rings is 1. The molecule has 0 fully saturated rings. The number of fused-ring (bicyclic) bond motifs is 2. The number of para-hydroxylation sites is 1. The second-order valence-corrected chi connectivity index (χ2v) is 7.10. The molecule has 4 heteroatoms. The fourth-order valence-electron chi connectivity index (χ4n) is 3.76. The number of rotatable bonds is 4. The van der Waals surface area contributed by atoms with Gasteiger partial charge in [-0.05, 0) is 48.9 Å². The van der Waals surface area contributed by atoms with Crippen LogP contribution in [0.2, 0.25) is 0 Å². The maximum Gasteiger partial charge on any atom is 0.252 e. The van der Waals surface area contributed by atoms with Crippen LogP contribution in [0.25, 0.3) is 10.9 Å². The van der Waals surface area contributed by atoms with Crippen LogP contribution in [0.15, 0.2) is 48.7 Å². The van der Waals surface area contributed by atoms with Crippen LogP contribution in [0, 0.1) is 5.92 Å². The average molecular weight is 345 g/mol. The van der Waals surface area contributed by atoms with Crippen molar-refractivity contribution in [1.29, 1.82) is 0 Å². The largest absolute Gasteiger partial charge is 0.352 e. The molecule has 1 N–H and O–H groups in total. The number of aryl methyl sites for hydroxylation is 1. The van der Waals surface area contributed by atoms with Gasteiger partial charge in [-0.2, -0.15) is 0 Å². The number of nitrogens with one attached hydrogen (secondary N) is 1. The third kappa shape index (κ3) is 3.32. The summed E-state index contributed by atoms with van der Waals surface area (Å²) in [4.78, 5) is 22.2. The van der Waals surface area contributed by atoms with Crippen molar-refractivity contribution in [1.82, 2.24) is 15.3 Å². The molecule has 0 spiro atoms. The van der Waals surface area contributed by atoms with Gasteiger partial charge >= 0.3 is 0 Å². The molecule has 26 heavy (non-hydrogen) atoms. The molecule has 4 nitrogen and oxygen atoms in total. The molecule has 132 valence electrons. The van der Waals surface area contributed by atoms with Gasteiger partial charge in [0.05, 0.1) is 11.1 Å². The normalized spacial score (nSPS) is 16.3. The van der Waals surface area contributed by atoms with Crippen molar-refractivity contribution in [3.63, 3.8) is 0 Å². The van der Waals surface area contributed by atoms with E-state index >= 15 is 0 Å². The summed E-state index contributed by atoms with van der Waals surface area (Å²) in [5.41, 5.74) is 4.95. The fraction of sp³-hybridized carbons (Fsp3) is 0.318. The first-order valence-electron chi connectivity index (χ1n) is 9.31. The zero-order chi connectivity index (χ0) is 17.9. The van der Waals surface area contributed by atoms with Gasteiger partial charge in [-0.3, -0.25) is 14.8 Å². The molecule has 0 aliphatic heterocycles. The van der Waals surface area contributed by atoms with Crippen LogP contribution >= 0.6 is 0 Å². The van der Waals surface area contributed by atoms with E-state index in [1.54, 1.807) is 6.20 Å². The quantitative estimate of drug-likeness (QED) is 0.784. The topological polar surface area (TPSA) is 54.9 Å². The van der Waals surface area contributed by atoms with Crippen molar-refractivity contribution < 1.29 is 4.79 Å². The van der Waals surface area contributed by atoms with Gasteiger partial charge in [-0.25, -0.2) is 0 Å². The highest BCUT2D eigenvalue weighted by molar-refractivity contribution is 6.07. The second kappa shape index (κ2) is 7.24. The SMILES string of the molecule is CC1CCc2nc3ccccc3c(C(=O)NCCc3ccccn3)c2C1. The van der Waals surface area contributed by atoms with E-state index in [1.165, 1.54) is 0 Å². The number of hydrogen-bond acceptors (Lipinski definition) is 3. The zero-order valence-electron chi connectivity index (χ0n) is 15.0. The van der Waals surface area contributed by atoms with E-state index < -0.39 is 0 Å². The fourth-order valence-corrected chi connectivity index (χ4v) is 3.76. The Morgan fingerprint density at radius 1 is 1.19 bits per heavy atom. The van der Waals surface area contributed by atoms with Crippen LogP contribution in [0.3, 0.4) is 0 Å². The van der Waals surface area contributed by atoms with E-state index in [0.717, 1.165) is 59.1 Å². The monoisotopic (exact) mass is 345 g/mol. The molecule has 0 saturated carbocycles. The van der Waals surface area contributed by atoms with Crippen molar-refractivity contribution in [2.24, 2.45) is 5.92 Å². The summed E-state index contributed by atoms with van der Waals surface area (Å²) < 4.78 is 0. The van der Waals surface area contributed by atoms with Crippen LogP contribution < -0.4 is 5.32 Å². The lowest BCUT2D eigenvalue weighted by atomic mass is 9.84. The van der Waals surface area contributed by atoms with Crippen molar-refractivity contribution in [3.8, 4) is 0 Å². The summed E-state index contributed by atoms with van der Waals surface area (Å²) in [5.74, 6) is 0.593. The number of hydrogen-bond donors (Lipinski definition) is 1. The van der Waals surface area contributed by atoms with Crippen LogP contribution in [-0.4, -0.2) is 22.4 Å². The average Bonchev–Trinajstić information content (AvgIpc) is 2.67. The molecule has 1 aliphatic rings. The molecule has 1 aliphatic carbocycles. The third-order valence-electron chi connectivity index (χ3n) is 5.13. The Morgan fingerprint density at radius 3 is 2.88 bits per heavy atom. The summed E-state index contributed by atoms with van der Waals surface area (Å²) in [7, 11) is 0. The number of carbonyl (C=O) groups excluding carboxylic acids is 1. The molecule has 1 atom stereocenters. The number of nitrogens with zero attached hydrogens (tertiary/aromatic N) is 2. The lowest BCUT2D eigenvalue weighted by molar-refractivity contribution is 0.0954. The zero-order valence-corrected chi connectivity index (χ0v) is 15.0. The van der Waals surface area contributed by atoms with Gasteiger partial charge in [0.15, 0.2) is 0 Å². The summed E-state index contributed by atoms with van der Waals surface area (Å²) in [5, 5.41) is 4.05. The summed E-state index contributed by atoms with van der Waals surface area (Å²) in [6, 6.07) is 13.8. The Morgan fingerprint density at radius 2 is 2.04 bits per heavy atom. The molecule has 1 unspecified atom stereocenters. The van der Waals surface area contributed by atoms with Gasteiger partial charge in [0.1, 0.15) is 0 Å². The Labute approximate surface area is 153 Å². The first-order valence-corrected chi connectivity index (χ1v) is 9.31. The third-order valence-corrected chi connectivity index (χ3v) is 5.13. The Bertz CT molecular complexity index is 937. The van der Waals surface area contributed by atoms with Crippen molar-refractivity contribution in [2.45, 2.75) is 32.6 Å². The minimum Gasteiger partial charge on any atom is -0.352 e. The Kier molecular flexibility index (Phi) is 4.65. The highest BCUT2D eigenvalue weighted by Crippen LogP contribution is 2.31. The molecule has 0 radical (unpaired) electrons. The van der Waals surface area contributed by atoms with E-state index in [4.69, 9.17) is 4.98 Å². The molecule has 2 heterocycles. The van der Waals surface area contributed by atoms with Gasteiger partial charge in [-0.15, -0.1) is 0 Å². The van der Waals surface area contributed by atoms with Crippen molar-refractivity contribution in [3.05, 3.63) is 71.2 Å². The summed E-state index contributed by atoms with van der Waals surface area (Å²) in [6.45, 7) is 2.83. The standard InChI is InChI=1S/C22H23N3O/c1-15-9-10-20-18(14-15)21(17-7-2-3-8-19(17)25-20)22(26)24-13-11-16-6-4-5-12-23-16/h2-8,12,15H,9-11,13-14H2,1H3,(H,24,26).